The molecule has 0 aliphatic heterocycles. The minimum absolute atomic E-state index is 0.213. The standard InChI is InChI=1S/C19H16N6O2/c1-13-22-18(24-27-13)16-4-2-3-5-17(16)23-19(26)15-8-6-14(7-9-15)10-25-12-20-11-21-25/h2-9,11-12H,10H2,1H3,(H,23,26). The van der Waals surface area contributed by atoms with Gasteiger partial charge in [0.15, 0.2) is 0 Å². The Morgan fingerprint density at radius 1 is 1.15 bits per heavy atom. The Kier molecular flexibility index (Phi) is 4.44. The first-order valence-electron chi connectivity index (χ1n) is 8.31. The fourth-order valence-corrected chi connectivity index (χ4v) is 2.65. The molecule has 0 spiro atoms. The molecule has 0 aliphatic carbocycles. The number of hydrogen-bond donors (Lipinski definition) is 1. The highest BCUT2D eigenvalue weighted by Gasteiger charge is 2.13. The van der Waals surface area contributed by atoms with Crippen molar-refractivity contribution in [3.05, 3.63) is 78.2 Å². The van der Waals surface area contributed by atoms with Crippen molar-refractivity contribution in [2.45, 2.75) is 13.5 Å². The van der Waals surface area contributed by atoms with E-state index in [2.05, 4.69) is 25.5 Å². The Labute approximate surface area is 154 Å². The number of aromatic nitrogens is 5. The molecule has 0 saturated heterocycles. The molecule has 1 N–H and O–H groups in total. The summed E-state index contributed by atoms with van der Waals surface area (Å²) in [4.78, 5) is 20.8. The van der Waals surface area contributed by atoms with Crippen LogP contribution in [0.5, 0.6) is 0 Å². The van der Waals surface area contributed by atoms with Crippen molar-refractivity contribution in [1.29, 1.82) is 0 Å². The fourth-order valence-electron chi connectivity index (χ4n) is 2.65. The van der Waals surface area contributed by atoms with Crippen LogP contribution in [-0.4, -0.2) is 30.8 Å². The predicted octanol–water partition coefficient (Wildman–Crippen LogP) is 2.94. The second-order valence-corrected chi connectivity index (χ2v) is 5.93. The zero-order valence-electron chi connectivity index (χ0n) is 14.5. The quantitative estimate of drug-likeness (QED) is 0.587. The van der Waals surface area contributed by atoms with Gasteiger partial charge in [-0.1, -0.05) is 29.4 Å². The summed E-state index contributed by atoms with van der Waals surface area (Å²) in [5.41, 5.74) is 2.90. The molecule has 4 rings (SSSR count). The lowest BCUT2D eigenvalue weighted by Crippen LogP contribution is -2.13. The normalized spacial score (nSPS) is 10.7. The van der Waals surface area contributed by atoms with Gasteiger partial charge in [0, 0.05) is 18.1 Å². The second kappa shape index (κ2) is 7.20. The maximum Gasteiger partial charge on any atom is 0.255 e. The number of nitrogens with one attached hydrogen (secondary N) is 1. The van der Waals surface area contributed by atoms with E-state index in [9.17, 15) is 4.79 Å². The summed E-state index contributed by atoms with van der Waals surface area (Å²) in [5, 5.41) is 10.9. The summed E-state index contributed by atoms with van der Waals surface area (Å²) in [6, 6.07) is 14.7. The van der Waals surface area contributed by atoms with E-state index in [-0.39, 0.29) is 5.91 Å². The molecule has 0 aliphatic rings. The van der Waals surface area contributed by atoms with E-state index in [1.54, 1.807) is 36.1 Å². The lowest BCUT2D eigenvalue weighted by molar-refractivity contribution is 0.102. The van der Waals surface area contributed by atoms with Gasteiger partial charge in [0.2, 0.25) is 11.7 Å². The van der Waals surface area contributed by atoms with Crippen LogP contribution >= 0.6 is 0 Å². The number of carbonyl (C=O) groups is 1. The number of benzene rings is 2. The summed E-state index contributed by atoms with van der Waals surface area (Å²) < 4.78 is 6.75. The summed E-state index contributed by atoms with van der Waals surface area (Å²) in [5.74, 6) is 0.690. The van der Waals surface area contributed by atoms with Gasteiger partial charge in [0.25, 0.3) is 5.91 Å². The summed E-state index contributed by atoms with van der Waals surface area (Å²) >= 11 is 0. The molecule has 0 bridgehead atoms. The first-order valence-corrected chi connectivity index (χ1v) is 8.31. The van der Waals surface area contributed by atoms with E-state index in [1.807, 2.05) is 30.3 Å². The smallest absolute Gasteiger partial charge is 0.255 e. The minimum Gasteiger partial charge on any atom is -0.339 e. The zero-order chi connectivity index (χ0) is 18.6. The summed E-state index contributed by atoms with van der Waals surface area (Å²) in [6.45, 7) is 2.32. The second-order valence-electron chi connectivity index (χ2n) is 5.93. The molecular weight excluding hydrogens is 344 g/mol. The molecule has 0 radical (unpaired) electrons. The molecule has 2 aromatic carbocycles. The van der Waals surface area contributed by atoms with Gasteiger partial charge in [-0.15, -0.1) is 0 Å². The summed E-state index contributed by atoms with van der Waals surface area (Å²) in [7, 11) is 0. The summed E-state index contributed by atoms with van der Waals surface area (Å²) in [6.07, 6.45) is 3.14. The SMILES string of the molecule is Cc1nc(-c2ccccc2NC(=O)c2ccc(Cn3cncn3)cc2)no1. The minimum atomic E-state index is -0.213. The van der Waals surface area contributed by atoms with E-state index < -0.39 is 0 Å². The van der Waals surface area contributed by atoms with Crippen LogP contribution in [-0.2, 0) is 6.54 Å². The Balaban J connectivity index is 1.51. The van der Waals surface area contributed by atoms with Crippen LogP contribution in [0, 0.1) is 6.92 Å². The third kappa shape index (κ3) is 3.74. The number of para-hydroxylation sites is 1. The third-order valence-corrected chi connectivity index (χ3v) is 3.97. The monoisotopic (exact) mass is 360 g/mol. The molecule has 2 aromatic heterocycles. The van der Waals surface area contributed by atoms with Gasteiger partial charge >= 0.3 is 0 Å². The molecule has 8 heteroatoms. The highest BCUT2D eigenvalue weighted by atomic mass is 16.5. The van der Waals surface area contributed by atoms with E-state index in [0.717, 1.165) is 5.56 Å². The maximum atomic E-state index is 12.6. The lowest BCUT2D eigenvalue weighted by atomic mass is 10.1. The average molecular weight is 360 g/mol. The predicted molar refractivity (Wildman–Crippen MR) is 98.0 cm³/mol. The van der Waals surface area contributed by atoms with Crippen LogP contribution in [0.1, 0.15) is 21.8 Å². The van der Waals surface area contributed by atoms with Crippen LogP contribution in [0.2, 0.25) is 0 Å². The maximum absolute atomic E-state index is 12.6. The van der Waals surface area contributed by atoms with Crippen LogP contribution in [0.3, 0.4) is 0 Å². The van der Waals surface area contributed by atoms with Crippen LogP contribution in [0.4, 0.5) is 5.69 Å². The molecule has 27 heavy (non-hydrogen) atoms. The van der Waals surface area contributed by atoms with Crippen molar-refractivity contribution in [3.63, 3.8) is 0 Å². The number of aryl methyl sites for hydroxylation is 1. The van der Waals surface area contributed by atoms with Crippen LogP contribution < -0.4 is 5.32 Å². The van der Waals surface area contributed by atoms with E-state index in [4.69, 9.17) is 4.52 Å². The number of carbonyl (C=O) groups excluding carboxylic acids is 1. The lowest BCUT2D eigenvalue weighted by Gasteiger charge is -2.09. The molecule has 4 aromatic rings. The van der Waals surface area contributed by atoms with Crippen LogP contribution in [0.15, 0.2) is 65.7 Å². The van der Waals surface area contributed by atoms with Crippen molar-refractivity contribution in [3.8, 4) is 11.4 Å². The van der Waals surface area contributed by atoms with E-state index in [1.165, 1.54) is 6.33 Å². The van der Waals surface area contributed by atoms with Gasteiger partial charge in [-0.3, -0.25) is 4.79 Å². The van der Waals surface area contributed by atoms with Gasteiger partial charge in [-0.05, 0) is 29.8 Å². The highest BCUT2D eigenvalue weighted by molar-refractivity contribution is 6.06. The zero-order valence-corrected chi connectivity index (χ0v) is 14.5. The first-order chi connectivity index (χ1) is 13.2. The molecule has 0 saturated carbocycles. The van der Waals surface area contributed by atoms with Crippen LogP contribution in [0.25, 0.3) is 11.4 Å². The van der Waals surface area contributed by atoms with Gasteiger partial charge in [0.1, 0.15) is 12.7 Å². The van der Waals surface area contributed by atoms with Gasteiger partial charge in [-0.25, -0.2) is 9.67 Å². The Morgan fingerprint density at radius 2 is 1.96 bits per heavy atom. The van der Waals surface area contributed by atoms with E-state index >= 15 is 0 Å². The third-order valence-electron chi connectivity index (χ3n) is 3.97. The fraction of sp³-hybridized carbons (Fsp3) is 0.105. The average Bonchev–Trinajstić information content (AvgIpc) is 3.34. The molecule has 0 unspecified atom stereocenters. The number of nitrogens with zero attached hydrogens (tertiary/aromatic N) is 5. The number of rotatable bonds is 5. The Morgan fingerprint density at radius 3 is 2.67 bits per heavy atom. The largest absolute Gasteiger partial charge is 0.339 e. The van der Waals surface area contributed by atoms with Crippen molar-refractivity contribution >= 4 is 11.6 Å². The molecule has 134 valence electrons. The molecule has 8 nitrogen and oxygen atoms in total. The van der Waals surface area contributed by atoms with Gasteiger partial charge in [-0.2, -0.15) is 10.1 Å². The number of amides is 1. The Hall–Kier alpha value is -3.81. The highest BCUT2D eigenvalue weighted by Crippen LogP contribution is 2.25. The number of anilines is 1. The van der Waals surface area contributed by atoms with Crippen molar-refractivity contribution < 1.29 is 9.32 Å². The molecule has 0 fully saturated rings. The Bertz CT molecular complexity index is 1050. The van der Waals surface area contributed by atoms with Crippen molar-refractivity contribution in [1.82, 2.24) is 24.9 Å². The first kappa shape index (κ1) is 16.6. The van der Waals surface area contributed by atoms with Crippen molar-refractivity contribution in [2.75, 3.05) is 5.32 Å². The molecule has 0 atom stereocenters. The van der Waals surface area contributed by atoms with Gasteiger partial charge in [0.05, 0.1) is 12.2 Å². The topological polar surface area (TPSA) is 98.7 Å². The van der Waals surface area contributed by atoms with Crippen molar-refractivity contribution in [2.24, 2.45) is 0 Å². The molecule has 1 amide bonds. The number of hydrogen-bond acceptors (Lipinski definition) is 6. The molecular formula is C19H16N6O2. The van der Waals surface area contributed by atoms with E-state index in [0.29, 0.717) is 35.1 Å². The van der Waals surface area contributed by atoms with Gasteiger partial charge < -0.3 is 9.84 Å². The molecule has 2 heterocycles.